The van der Waals surface area contributed by atoms with E-state index in [1.165, 1.54) is 6.42 Å². The fraction of sp³-hybridized carbons (Fsp3) is 0.635. The van der Waals surface area contributed by atoms with Gasteiger partial charge in [0.15, 0.2) is 12.4 Å². The van der Waals surface area contributed by atoms with Crippen LogP contribution in [0.15, 0.2) is 97.2 Å². The first-order valence-corrected chi connectivity index (χ1v) is 23.4. The summed E-state index contributed by atoms with van der Waals surface area (Å²) in [5, 5.41) is 11.7. The summed E-state index contributed by atoms with van der Waals surface area (Å²) in [5.74, 6) is -2.36. The van der Waals surface area contributed by atoms with Gasteiger partial charge in [-0.1, -0.05) is 150 Å². The molecule has 61 heavy (non-hydrogen) atoms. The van der Waals surface area contributed by atoms with Crippen molar-refractivity contribution in [1.82, 2.24) is 0 Å². The molecule has 0 heterocycles. The molecule has 0 rings (SSSR count). The predicted molar refractivity (Wildman–Crippen MR) is 250 cm³/mol. The molecule has 0 fully saturated rings. The Balaban J connectivity index is 4.48. The molecule has 0 aromatic rings. The largest absolute Gasteiger partial charge is 0.545 e. The second-order valence-electron chi connectivity index (χ2n) is 16.3. The van der Waals surface area contributed by atoms with Gasteiger partial charge in [0.2, 0.25) is 0 Å². The average molecular weight is 852 g/mol. The zero-order chi connectivity index (χ0) is 44.9. The minimum absolute atomic E-state index is 0.134. The Hall–Kier alpha value is -3.79. The van der Waals surface area contributed by atoms with Gasteiger partial charge in [-0.2, -0.15) is 0 Å². The number of ether oxygens (including phenoxy) is 4. The summed E-state index contributed by atoms with van der Waals surface area (Å²) in [6.45, 7) is 4.48. The predicted octanol–water partition coefficient (Wildman–Crippen LogP) is 11.3. The van der Waals surface area contributed by atoms with Crippen LogP contribution in [0.2, 0.25) is 0 Å². The summed E-state index contributed by atoms with van der Waals surface area (Å²) in [5.41, 5.74) is 0. The molecule has 2 unspecified atom stereocenters. The number of aliphatic carboxylic acids is 1. The van der Waals surface area contributed by atoms with Gasteiger partial charge in [0.1, 0.15) is 13.2 Å². The van der Waals surface area contributed by atoms with Gasteiger partial charge in [-0.15, -0.1) is 0 Å². The van der Waals surface area contributed by atoms with Crippen LogP contribution < -0.4 is 5.11 Å². The molecule has 0 N–H and O–H groups in total. The fourth-order valence-corrected chi connectivity index (χ4v) is 5.69. The summed E-state index contributed by atoms with van der Waals surface area (Å²) in [7, 11) is 5.88. The maximum absolute atomic E-state index is 12.8. The molecule has 0 aliphatic rings. The number of quaternary nitrogens is 1. The Morgan fingerprint density at radius 2 is 0.934 bits per heavy atom. The van der Waals surface area contributed by atoms with Gasteiger partial charge in [-0.25, -0.2) is 0 Å². The third kappa shape index (κ3) is 44.1. The number of unbranched alkanes of at least 4 members (excludes halogenated alkanes) is 10. The number of esters is 2. The van der Waals surface area contributed by atoms with E-state index in [-0.39, 0.29) is 38.6 Å². The first kappa shape index (κ1) is 57.2. The van der Waals surface area contributed by atoms with Crippen molar-refractivity contribution in [3.05, 3.63) is 97.2 Å². The molecule has 9 heteroatoms. The number of allylic oxidation sites excluding steroid dienone is 16. The first-order valence-electron chi connectivity index (χ1n) is 23.4. The lowest BCUT2D eigenvalue weighted by molar-refractivity contribution is -0.870. The molecule has 0 aromatic carbocycles. The molecule has 0 amide bonds. The lowest BCUT2D eigenvalue weighted by Gasteiger charge is -2.26. The van der Waals surface area contributed by atoms with Crippen molar-refractivity contribution in [2.24, 2.45) is 0 Å². The van der Waals surface area contributed by atoms with E-state index < -0.39 is 24.3 Å². The molecule has 0 saturated carbocycles. The highest BCUT2D eigenvalue weighted by Gasteiger charge is 2.21. The van der Waals surface area contributed by atoms with Crippen molar-refractivity contribution in [2.45, 2.75) is 167 Å². The molecular weight excluding hydrogens is 767 g/mol. The van der Waals surface area contributed by atoms with E-state index in [4.69, 9.17) is 18.9 Å². The third-order valence-electron chi connectivity index (χ3n) is 9.30. The molecule has 0 aliphatic heterocycles. The molecule has 0 radical (unpaired) electrons. The fourth-order valence-electron chi connectivity index (χ4n) is 5.69. The molecule has 0 saturated heterocycles. The number of carboxylic acids is 1. The van der Waals surface area contributed by atoms with Crippen LogP contribution >= 0.6 is 0 Å². The van der Waals surface area contributed by atoms with E-state index in [1.54, 1.807) is 0 Å². The third-order valence-corrected chi connectivity index (χ3v) is 9.30. The number of hydrogen-bond acceptors (Lipinski definition) is 8. The Labute approximate surface area is 372 Å². The monoisotopic (exact) mass is 852 g/mol. The van der Waals surface area contributed by atoms with Crippen LogP contribution in [0.1, 0.15) is 155 Å². The van der Waals surface area contributed by atoms with Crippen molar-refractivity contribution in [3.63, 3.8) is 0 Å². The van der Waals surface area contributed by atoms with Crippen LogP contribution in [-0.2, 0) is 33.3 Å². The van der Waals surface area contributed by atoms with Gasteiger partial charge < -0.3 is 33.3 Å². The van der Waals surface area contributed by atoms with Gasteiger partial charge in [-0.05, 0) is 89.9 Å². The number of carbonyl (C=O) groups is 3. The van der Waals surface area contributed by atoms with Gasteiger partial charge in [0, 0.05) is 12.8 Å². The second-order valence-corrected chi connectivity index (χ2v) is 16.3. The van der Waals surface area contributed by atoms with Crippen molar-refractivity contribution in [3.8, 4) is 0 Å². The van der Waals surface area contributed by atoms with E-state index in [0.29, 0.717) is 23.9 Å². The van der Waals surface area contributed by atoms with Gasteiger partial charge in [-0.3, -0.25) is 9.59 Å². The lowest BCUT2D eigenvalue weighted by atomic mass is 10.1. The Morgan fingerprint density at radius 3 is 1.39 bits per heavy atom. The minimum atomic E-state index is -1.64. The number of carboxylic acid groups (broad SMARTS) is 1. The zero-order valence-corrected chi connectivity index (χ0v) is 39.0. The smallest absolute Gasteiger partial charge is 0.306 e. The summed E-state index contributed by atoms with van der Waals surface area (Å²) < 4.78 is 22.5. The van der Waals surface area contributed by atoms with Crippen molar-refractivity contribution >= 4 is 17.9 Å². The molecule has 2 atom stereocenters. The maximum atomic E-state index is 12.8. The Kier molecular flexibility index (Phi) is 40.2. The lowest BCUT2D eigenvalue weighted by Crippen LogP contribution is -2.44. The molecule has 0 bridgehead atoms. The highest BCUT2D eigenvalue weighted by molar-refractivity contribution is 5.70. The van der Waals surface area contributed by atoms with E-state index in [1.807, 2.05) is 21.1 Å². The van der Waals surface area contributed by atoms with E-state index >= 15 is 0 Å². The van der Waals surface area contributed by atoms with Gasteiger partial charge in [0.25, 0.3) is 0 Å². The SMILES string of the molecule is CC/C=C\C/C=C\C/C=C\C/C=C\C/C=C\C/C=C\CCCCCCC(=O)OC(COC(=O)CCCCCCC/C=C\C/C=C\CCC)COC(OCC[N+](C)(C)C)C(=O)[O-]. The quantitative estimate of drug-likeness (QED) is 0.0197. The number of carbonyl (C=O) groups excluding carboxylic acids is 3. The minimum Gasteiger partial charge on any atom is -0.545 e. The number of rotatable bonds is 41. The van der Waals surface area contributed by atoms with E-state index in [9.17, 15) is 19.5 Å². The van der Waals surface area contributed by atoms with Gasteiger partial charge >= 0.3 is 11.9 Å². The van der Waals surface area contributed by atoms with Crippen LogP contribution in [0.3, 0.4) is 0 Å². The average Bonchev–Trinajstić information content (AvgIpc) is 3.22. The van der Waals surface area contributed by atoms with Crippen molar-refractivity contribution in [1.29, 1.82) is 0 Å². The highest BCUT2D eigenvalue weighted by Crippen LogP contribution is 2.12. The Bertz CT molecular complexity index is 1320. The highest BCUT2D eigenvalue weighted by atomic mass is 16.7. The molecular formula is C52H85NO8. The van der Waals surface area contributed by atoms with Crippen LogP contribution in [0.25, 0.3) is 0 Å². The van der Waals surface area contributed by atoms with E-state index in [0.717, 1.165) is 109 Å². The number of likely N-dealkylation sites (N-methyl/N-ethyl adjacent to an activating group) is 1. The molecule has 9 nitrogen and oxygen atoms in total. The topological polar surface area (TPSA) is 111 Å². The molecule has 0 spiro atoms. The van der Waals surface area contributed by atoms with Crippen molar-refractivity contribution in [2.75, 3.05) is 47.5 Å². The van der Waals surface area contributed by atoms with Crippen LogP contribution in [0, 0.1) is 0 Å². The summed E-state index contributed by atoms with van der Waals surface area (Å²) in [6.07, 6.45) is 52.9. The molecule has 0 aliphatic carbocycles. The van der Waals surface area contributed by atoms with Crippen LogP contribution in [-0.4, -0.2) is 82.3 Å². The van der Waals surface area contributed by atoms with Crippen molar-refractivity contribution < 1.29 is 42.9 Å². The maximum Gasteiger partial charge on any atom is 0.306 e. The number of hydrogen-bond donors (Lipinski definition) is 0. The molecule has 0 aromatic heterocycles. The summed E-state index contributed by atoms with van der Waals surface area (Å²) in [4.78, 5) is 37.0. The number of nitrogens with zero attached hydrogens (tertiary/aromatic N) is 1. The standard InChI is InChI=1S/C52H85NO8/c1-6-8-10-12-14-16-18-20-21-22-23-24-25-26-27-28-29-31-33-35-37-39-41-43-50(55)61-48(47-60-52(51(56)57)58-45-44-53(3,4)5)46-59-49(54)42-40-38-36-34-32-30-19-17-15-13-11-9-7-2/h8,10-11,13-14,16-17,19-21,23-24,26-27,29,31,48,52H,6-7,9,12,15,18,22,25,28,30,32-47H2,1-5H3/b10-8-,13-11-,16-14-,19-17-,21-20-,24-23-,27-26-,31-29-. The summed E-state index contributed by atoms with van der Waals surface area (Å²) in [6, 6.07) is 0. The summed E-state index contributed by atoms with van der Waals surface area (Å²) >= 11 is 0. The normalized spacial score (nSPS) is 13.8. The van der Waals surface area contributed by atoms with Crippen LogP contribution in [0.5, 0.6) is 0 Å². The Morgan fingerprint density at radius 1 is 0.508 bits per heavy atom. The zero-order valence-electron chi connectivity index (χ0n) is 39.0. The second kappa shape index (κ2) is 42.9. The van der Waals surface area contributed by atoms with E-state index in [2.05, 4.69) is 111 Å². The van der Waals surface area contributed by atoms with Gasteiger partial charge in [0.05, 0.1) is 40.3 Å². The molecule has 346 valence electrons. The van der Waals surface area contributed by atoms with Crippen LogP contribution in [0.4, 0.5) is 0 Å². The first-order chi connectivity index (χ1) is 29.6.